The number of hydrogen-bond acceptors (Lipinski definition) is 2. The summed E-state index contributed by atoms with van der Waals surface area (Å²) in [7, 11) is 0. The third-order valence-electron chi connectivity index (χ3n) is 3.43. The van der Waals surface area contributed by atoms with Gasteiger partial charge < -0.3 is 4.42 Å². The highest BCUT2D eigenvalue weighted by molar-refractivity contribution is 6.06. The number of rotatable bonds is 0. The Kier molecular flexibility index (Phi) is 2.28. The molecule has 4 aromatic rings. The molecule has 0 aliphatic carbocycles. The van der Waals surface area contributed by atoms with Crippen LogP contribution in [-0.2, 0) is 0 Å². The van der Waals surface area contributed by atoms with E-state index in [1.54, 1.807) is 0 Å². The monoisotopic (exact) mass is 280 g/mol. The van der Waals surface area contributed by atoms with Gasteiger partial charge in [0.25, 0.3) is 0 Å². The Hall–Kier alpha value is -2.93. The normalized spacial score (nSPS) is 11.1. The Labute approximate surface area is 117 Å². The zero-order chi connectivity index (χ0) is 14.6. The quantitative estimate of drug-likeness (QED) is 0.487. The van der Waals surface area contributed by atoms with Crippen molar-refractivity contribution in [2.75, 3.05) is 0 Å². The summed E-state index contributed by atoms with van der Waals surface area (Å²) in [5.41, 5.74) is -0.165. The summed E-state index contributed by atoms with van der Waals surface area (Å²) in [6, 6.07) is 13.6. The fourth-order valence-corrected chi connectivity index (χ4v) is 2.49. The smallest absolute Gasteiger partial charge is 0.204 e. The van der Waals surface area contributed by atoms with Crippen molar-refractivity contribution in [3.05, 3.63) is 70.4 Å². The highest BCUT2D eigenvalue weighted by Crippen LogP contribution is 2.25. The number of fused-ring (bicyclic) bond motifs is 4. The van der Waals surface area contributed by atoms with E-state index < -0.39 is 17.1 Å². The first kappa shape index (κ1) is 11.9. The molecule has 0 N–H and O–H groups in total. The van der Waals surface area contributed by atoms with Crippen LogP contribution >= 0.6 is 0 Å². The molecule has 0 saturated heterocycles. The summed E-state index contributed by atoms with van der Waals surface area (Å²) in [6.07, 6.45) is 0. The van der Waals surface area contributed by atoms with E-state index in [0.717, 1.165) is 0 Å². The Bertz CT molecular complexity index is 1080. The second-order valence-electron chi connectivity index (χ2n) is 4.69. The van der Waals surface area contributed by atoms with E-state index in [1.165, 1.54) is 36.4 Å². The first-order valence-corrected chi connectivity index (χ1v) is 6.22. The maximum Gasteiger partial charge on any atom is 0.204 e. The Morgan fingerprint density at radius 3 is 2.71 bits per heavy atom. The zero-order valence-corrected chi connectivity index (χ0v) is 10.5. The first-order valence-electron chi connectivity index (χ1n) is 6.22. The van der Waals surface area contributed by atoms with E-state index in [0.29, 0.717) is 10.8 Å². The van der Waals surface area contributed by atoms with Crippen LogP contribution in [0.5, 0.6) is 0 Å². The van der Waals surface area contributed by atoms with Gasteiger partial charge in [0.1, 0.15) is 22.6 Å². The molecule has 100 valence electrons. The summed E-state index contributed by atoms with van der Waals surface area (Å²) in [4.78, 5) is 12.6. The van der Waals surface area contributed by atoms with Crippen molar-refractivity contribution < 1.29 is 13.2 Å². The molecule has 0 amide bonds. The topological polar surface area (TPSA) is 30.2 Å². The second kappa shape index (κ2) is 4.03. The van der Waals surface area contributed by atoms with Gasteiger partial charge in [0.2, 0.25) is 5.43 Å². The summed E-state index contributed by atoms with van der Waals surface area (Å²) in [6.45, 7) is 0. The molecule has 1 heterocycles. The summed E-state index contributed by atoms with van der Waals surface area (Å²) < 4.78 is 32.7. The van der Waals surface area contributed by atoms with E-state index in [2.05, 4.69) is 12.1 Å². The molecular weight excluding hydrogens is 274 g/mol. The van der Waals surface area contributed by atoms with Crippen LogP contribution < -0.4 is 5.43 Å². The molecule has 0 bridgehead atoms. The summed E-state index contributed by atoms with van der Waals surface area (Å²) in [5.74, 6) is -1.09. The maximum absolute atomic E-state index is 13.9. The minimum Gasteiger partial charge on any atom is -0.447 e. The van der Waals surface area contributed by atoms with Crippen LogP contribution in [0.2, 0.25) is 0 Å². The standard InChI is InChI=1S/C17H6F2O2/c18-10-5-6-11-9(8-10)4-7-14-15(11)17(20)16-12(19)2-1-3-13(16)21-14/h1-3,5-6,8H. The average molecular weight is 280 g/mol. The van der Waals surface area contributed by atoms with Crippen LogP contribution in [0, 0.1) is 23.8 Å². The van der Waals surface area contributed by atoms with Crippen molar-refractivity contribution >= 4 is 32.7 Å². The predicted molar refractivity (Wildman–Crippen MR) is 75.1 cm³/mol. The lowest BCUT2D eigenvalue weighted by Crippen LogP contribution is -2.04. The minimum atomic E-state index is -0.647. The van der Waals surface area contributed by atoms with Gasteiger partial charge >= 0.3 is 0 Å². The van der Waals surface area contributed by atoms with Gasteiger partial charge in [0, 0.05) is 10.8 Å². The van der Waals surface area contributed by atoms with Gasteiger partial charge in [-0.1, -0.05) is 12.1 Å². The molecule has 0 unspecified atom stereocenters. The van der Waals surface area contributed by atoms with Crippen molar-refractivity contribution in [1.82, 2.24) is 0 Å². The highest BCUT2D eigenvalue weighted by Gasteiger charge is 2.13. The highest BCUT2D eigenvalue weighted by atomic mass is 19.1. The van der Waals surface area contributed by atoms with Gasteiger partial charge in [0.05, 0.1) is 5.39 Å². The zero-order valence-electron chi connectivity index (χ0n) is 10.5. The molecule has 4 heteroatoms. The van der Waals surface area contributed by atoms with Gasteiger partial charge in [-0.25, -0.2) is 8.78 Å². The molecular formula is C17H6F2O2. The number of hydrogen-bond donors (Lipinski definition) is 0. The van der Waals surface area contributed by atoms with Gasteiger partial charge in [-0.3, -0.25) is 4.79 Å². The molecule has 0 radical (unpaired) electrons. The molecule has 1 aromatic heterocycles. The summed E-state index contributed by atoms with van der Waals surface area (Å²) >= 11 is 0. The lowest BCUT2D eigenvalue weighted by Gasteiger charge is -2.03. The fourth-order valence-electron chi connectivity index (χ4n) is 2.49. The Morgan fingerprint density at radius 2 is 1.86 bits per heavy atom. The molecule has 0 fully saturated rings. The Morgan fingerprint density at radius 1 is 1.00 bits per heavy atom. The van der Waals surface area contributed by atoms with Crippen LogP contribution in [0.15, 0.2) is 45.6 Å². The maximum atomic E-state index is 13.9. The average Bonchev–Trinajstić information content (AvgIpc) is 2.46. The molecule has 0 saturated carbocycles. The largest absolute Gasteiger partial charge is 0.447 e. The van der Waals surface area contributed by atoms with E-state index in [1.807, 2.05) is 0 Å². The lowest BCUT2D eigenvalue weighted by atomic mass is 10.1. The molecule has 0 aliphatic heterocycles. The van der Waals surface area contributed by atoms with Crippen molar-refractivity contribution in [3.8, 4) is 0 Å². The van der Waals surface area contributed by atoms with Gasteiger partial charge in [-0.05, 0) is 36.4 Å². The third kappa shape index (κ3) is 1.61. The second-order valence-corrected chi connectivity index (χ2v) is 4.69. The van der Waals surface area contributed by atoms with Crippen molar-refractivity contribution in [2.24, 2.45) is 0 Å². The van der Waals surface area contributed by atoms with Crippen molar-refractivity contribution in [2.45, 2.75) is 0 Å². The van der Waals surface area contributed by atoms with E-state index in [-0.39, 0.29) is 21.9 Å². The number of benzene rings is 2. The molecule has 3 aromatic carbocycles. The fraction of sp³-hybridized carbons (Fsp3) is 0. The van der Waals surface area contributed by atoms with Crippen LogP contribution in [0.4, 0.5) is 8.78 Å². The van der Waals surface area contributed by atoms with Crippen LogP contribution in [-0.4, -0.2) is 0 Å². The predicted octanol–water partition coefficient (Wildman–Crippen LogP) is 3.98. The first-order chi connectivity index (χ1) is 10.1. The van der Waals surface area contributed by atoms with E-state index >= 15 is 0 Å². The van der Waals surface area contributed by atoms with Gasteiger partial charge in [-0.2, -0.15) is 0 Å². The molecule has 21 heavy (non-hydrogen) atoms. The molecule has 2 nitrogen and oxygen atoms in total. The molecule has 0 atom stereocenters. The van der Waals surface area contributed by atoms with E-state index in [9.17, 15) is 13.6 Å². The van der Waals surface area contributed by atoms with Crippen LogP contribution in [0.3, 0.4) is 0 Å². The van der Waals surface area contributed by atoms with Crippen LogP contribution in [0.25, 0.3) is 32.7 Å². The number of halogens is 2. The molecule has 4 rings (SSSR count). The Balaban J connectivity index is 2.33. The van der Waals surface area contributed by atoms with Gasteiger partial charge in [-0.15, -0.1) is 0 Å². The van der Waals surface area contributed by atoms with Crippen molar-refractivity contribution in [3.63, 3.8) is 0 Å². The minimum absolute atomic E-state index is 0.116. The molecule has 0 aliphatic rings. The van der Waals surface area contributed by atoms with E-state index in [4.69, 9.17) is 4.42 Å². The van der Waals surface area contributed by atoms with Crippen molar-refractivity contribution in [1.29, 1.82) is 0 Å². The van der Waals surface area contributed by atoms with Crippen LogP contribution in [0.1, 0.15) is 0 Å². The lowest BCUT2D eigenvalue weighted by molar-refractivity contribution is 0.624. The third-order valence-corrected chi connectivity index (χ3v) is 3.43. The summed E-state index contributed by atoms with van der Waals surface area (Å²) in [5, 5.41) is 0.922. The SMILES string of the molecule is O=c1c2c(F)cccc2oc2c#cc3cc(F)ccc3c12. The molecule has 0 spiro atoms. The van der Waals surface area contributed by atoms with Gasteiger partial charge in [0.15, 0.2) is 5.58 Å².